The smallest absolute Gasteiger partial charge is 0.250 e. The Balaban J connectivity index is 1.62. The molecule has 0 aromatic carbocycles. The Kier molecular flexibility index (Phi) is 4.53. The number of amides is 1. The van der Waals surface area contributed by atoms with E-state index in [1.807, 2.05) is 23.6 Å². The summed E-state index contributed by atoms with van der Waals surface area (Å²) < 4.78 is 1.97. The van der Waals surface area contributed by atoms with Gasteiger partial charge in [-0.2, -0.15) is 0 Å². The van der Waals surface area contributed by atoms with Gasteiger partial charge in [-0.05, 0) is 43.7 Å². The first-order valence-electron chi connectivity index (χ1n) is 9.82. The molecule has 3 heterocycles. The molecule has 2 bridgehead atoms. The molecule has 2 fully saturated rings. The average Bonchev–Trinajstić information content (AvgIpc) is 2.64. The molecule has 1 amide bonds. The molecule has 3 aliphatic rings. The fraction of sp³-hybridized carbons (Fsp3) is 0.619. The molecule has 0 radical (unpaired) electrons. The van der Waals surface area contributed by atoms with Crippen LogP contribution in [0.3, 0.4) is 0 Å². The average molecular weight is 340 g/mol. The minimum absolute atomic E-state index is 0.102. The van der Waals surface area contributed by atoms with Crippen LogP contribution in [-0.4, -0.2) is 28.5 Å². The Hall–Kier alpha value is -1.84. The van der Waals surface area contributed by atoms with E-state index in [1.165, 1.54) is 19.3 Å². The standard InChI is InChI=1S/C21H28N2O2/c1-2-6-16-9-10-19(24)23-13-15-11-18(20(16)23)14-22(12-15)21(25)17-7-4-3-5-8-17/h2,6,9-10,15,17-18H,3-5,7-8,11-14H2,1H3/t15-,18-/m0/s1. The first kappa shape index (κ1) is 16.6. The highest BCUT2D eigenvalue weighted by Crippen LogP contribution is 2.38. The van der Waals surface area contributed by atoms with Crippen LogP contribution in [0.2, 0.25) is 0 Å². The monoisotopic (exact) mass is 340 g/mol. The maximum absolute atomic E-state index is 13.0. The van der Waals surface area contributed by atoms with Crippen molar-refractivity contribution >= 4 is 12.0 Å². The third kappa shape index (κ3) is 3.07. The van der Waals surface area contributed by atoms with E-state index in [4.69, 9.17) is 0 Å². The summed E-state index contributed by atoms with van der Waals surface area (Å²) in [7, 11) is 0. The predicted octanol–water partition coefficient (Wildman–Crippen LogP) is 3.41. The zero-order valence-electron chi connectivity index (χ0n) is 15.1. The van der Waals surface area contributed by atoms with Gasteiger partial charge in [-0.3, -0.25) is 9.59 Å². The lowest BCUT2D eigenvalue weighted by molar-refractivity contribution is -0.139. The molecule has 1 aromatic heterocycles. The number of aromatic nitrogens is 1. The minimum Gasteiger partial charge on any atom is -0.341 e. The molecule has 4 nitrogen and oxygen atoms in total. The molecular weight excluding hydrogens is 312 g/mol. The summed E-state index contributed by atoms with van der Waals surface area (Å²) in [6, 6.07) is 3.63. The van der Waals surface area contributed by atoms with E-state index in [1.54, 1.807) is 6.07 Å². The van der Waals surface area contributed by atoms with Crippen LogP contribution in [0.5, 0.6) is 0 Å². The molecular formula is C21H28N2O2. The lowest BCUT2D eigenvalue weighted by atomic mass is 9.80. The van der Waals surface area contributed by atoms with Crippen LogP contribution in [0.15, 0.2) is 23.0 Å². The normalized spacial score (nSPS) is 26.7. The molecule has 0 spiro atoms. The number of piperidine rings is 1. The number of carbonyl (C=O) groups is 1. The van der Waals surface area contributed by atoms with Crippen molar-refractivity contribution in [2.75, 3.05) is 13.1 Å². The van der Waals surface area contributed by atoms with Crippen LogP contribution in [0.4, 0.5) is 0 Å². The van der Waals surface area contributed by atoms with Crippen molar-refractivity contribution in [3.8, 4) is 0 Å². The third-order valence-electron chi connectivity index (χ3n) is 6.24. The van der Waals surface area contributed by atoms with Crippen molar-refractivity contribution in [3.63, 3.8) is 0 Å². The summed E-state index contributed by atoms with van der Waals surface area (Å²) in [6.45, 7) is 4.36. The van der Waals surface area contributed by atoms with Crippen LogP contribution in [0.1, 0.15) is 62.6 Å². The highest BCUT2D eigenvalue weighted by Gasteiger charge is 2.38. The fourth-order valence-corrected chi connectivity index (χ4v) is 5.16. The summed E-state index contributed by atoms with van der Waals surface area (Å²) in [5, 5.41) is 0. The second kappa shape index (κ2) is 6.81. The molecule has 1 saturated heterocycles. The van der Waals surface area contributed by atoms with E-state index in [9.17, 15) is 9.59 Å². The van der Waals surface area contributed by atoms with Gasteiger partial charge in [0.2, 0.25) is 5.91 Å². The molecule has 1 saturated carbocycles. The van der Waals surface area contributed by atoms with Gasteiger partial charge in [-0.15, -0.1) is 0 Å². The van der Waals surface area contributed by atoms with Gasteiger partial charge in [0.05, 0.1) is 0 Å². The molecule has 2 aliphatic heterocycles. The SMILES string of the molecule is CC=Cc1ccc(=O)n2c1[C@H]1C[C@@H](CN(C(=O)C3CCCCC3)C1)C2. The number of likely N-dealkylation sites (tertiary alicyclic amines) is 1. The number of hydrogen-bond acceptors (Lipinski definition) is 2. The predicted molar refractivity (Wildman–Crippen MR) is 99.4 cm³/mol. The molecule has 1 aromatic rings. The molecule has 0 unspecified atom stereocenters. The summed E-state index contributed by atoms with van der Waals surface area (Å²) in [4.78, 5) is 27.5. The maximum atomic E-state index is 13.0. The Morgan fingerprint density at radius 2 is 1.92 bits per heavy atom. The number of rotatable bonds is 2. The third-order valence-corrected chi connectivity index (χ3v) is 6.24. The zero-order chi connectivity index (χ0) is 17.4. The van der Waals surface area contributed by atoms with Crippen molar-refractivity contribution in [2.24, 2.45) is 11.8 Å². The van der Waals surface area contributed by atoms with E-state index in [0.29, 0.717) is 17.7 Å². The number of hydrogen-bond donors (Lipinski definition) is 0. The quantitative estimate of drug-likeness (QED) is 0.828. The second-order valence-electron chi connectivity index (χ2n) is 8.00. The Morgan fingerprint density at radius 3 is 2.68 bits per heavy atom. The van der Waals surface area contributed by atoms with Crippen LogP contribution in [0.25, 0.3) is 6.08 Å². The highest BCUT2D eigenvalue weighted by atomic mass is 16.2. The summed E-state index contributed by atoms with van der Waals surface area (Å²) in [5.41, 5.74) is 2.38. The van der Waals surface area contributed by atoms with Gasteiger partial charge in [-0.1, -0.05) is 31.4 Å². The van der Waals surface area contributed by atoms with Crippen molar-refractivity contribution in [3.05, 3.63) is 39.8 Å². The van der Waals surface area contributed by atoms with Crippen LogP contribution in [-0.2, 0) is 11.3 Å². The Morgan fingerprint density at radius 1 is 1.12 bits per heavy atom. The van der Waals surface area contributed by atoms with Gasteiger partial charge >= 0.3 is 0 Å². The van der Waals surface area contributed by atoms with Gasteiger partial charge in [0.1, 0.15) is 0 Å². The molecule has 1 aliphatic carbocycles. The van der Waals surface area contributed by atoms with Crippen molar-refractivity contribution in [1.82, 2.24) is 9.47 Å². The summed E-state index contributed by atoms with van der Waals surface area (Å²) in [6.07, 6.45) is 11.0. The number of nitrogens with zero attached hydrogens (tertiary/aromatic N) is 2. The van der Waals surface area contributed by atoms with Crippen molar-refractivity contribution in [1.29, 1.82) is 0 Å². The summed E-state index contributed by atoms with van der Waals surface area (Å²) >= 11 is 0. The van der Waals surface area contributed by atoms with E-state index in [0.717, 1.165) is 50.2 Å². The highest BCUT2D eigenvalue weighted by molar-refractivity contribution is 5.79. The van der Waals surface area contributed by atoms with Crippen LogP contribution < -0.4 is 5.56 Å². The topological polar surface area (TPSA) is 42.3 Å². The largest absolute Gasteiger partial charge is 0.341 e. The second-order valence-corrected chi connectivity index (χ2v) is 8.00. The molecule has 4 heteroatoms. The number of fused-ring (bicyclic) bond motifs is 4. The number of allylic oxidation sites excluding steroid dienone is 1. The van der Waals surface area contributed by atoms with Gasteiger partial charge in [0.15, 0.2) is 0 Å². The maximum Gasteiger partial charge on any atom is 0.250 e. The van der Waals surface area contributed by atoms with Gasteiger partial charge in [0.25, 0.3) is 5.56 Å². The molecule has 134 valence electrons. The molecule has 25 heavy (non-hydrogen) atoms. The van der Waals surface area contributed by atoms with Crippen molar-refractivity contribution < 1.29 is 4.79 Å². The first-order valence-corrected chi connectivity index (χ1v) is 9.82. The van der Waals surface area contributed by atoms with E-state index in [2.05, 4.69) is 11.0 Å². The molecule has 0 N–H and O–H groups in total. The van der Waals surface area contributed by atoms with Gasteiger partial charge < -0.3 is 9.47 Å². The lowest BCUT2D eigenvalue weighted by Crippen LogP contribution is -2.51. The number of carbonyl (C=O) groups excluding carboxylic acids is 1. The minimum atomic E-state index is 0.102. The van der Waals surface area contributed by atoms with E-state index >= 15 is 0 Å². The Bertz CT molecular complexity index is 743. The fourth-order valence-electron chi connectivity index (χ4n) is 5.16. The van der Waals surface area contributed by atoms with E-state index < -0.39 is 0 Å². The summed E-state index contributed by atoms with van der Waals surface area (Å²) in [5.74, 6) is 1.31. The molecule has 4 rings (SSSR count). The Labute approximate surface area is 149 Å². The van der Waals surface area contributed by atoms with Crippen LogP contribution in [0, 0.1) is 11.8 Å². The van der Waals surface area contributed by atoms with Gasteiger partial charge in [-0.25, -0.2) is 0 Å². The number of pyridine rings is 1. The van der Waals surface area contributed by atoms with Crippen molar-refractivity contribution in [2.45, 2.75) is 57.9 Å². The zero-order valence-corrected chi connectivity index (χ0v) is 15.1. The molecule has 2 atom stereocenters. The lowest BCUT2D eigenvalue weighted by Gasteiger charge is -2.44. The van der Waals surface area contributed by atoms with Crippen LogP contribution >= 0.6 is 0 Å². The first-order chi connectivity index (χ1) is 12.2. The van der Waals surface area contributed by atoms with E-state index in [-0.39, 0.29) is 11.5 Å². The van der Waals surface area contributed by atoms with Gasteiger partial charge in [0, 0.05) is 43.2 Å².